The molecule has 1 aromatic carbocycles. The lowest BCUT2D eigenvalue weighted by molar-refractivity contribution is -0.143. The highest BCUT2D eigenvalue weighted by atomic mass is 16.6. The van der Waals surface area contributed by atoms with Crippen molar-refractivity contribution in [3.05, 3.63) is 35.4 Å². The van der Waals surface area contributed by atoms with E-state index in [2.05, 4.69) is 0 Å². The molecule has 5 heteroatoms. The summed E-state index contributed by atoms with van der Waals surface area (Å²) in [4.78, 5) is 24.3. The molecule has 2 rings (SSSR count). The smallest absolute Gasteiger partial charge is 0.410 e. The van der Waals surface area contributed by atoms with Crippen LogP contribution in [0.5, 0.6) is 0 Å². The molecule has 5 nitrogen and oxygen atoms in total. The van der Waals surface area contributed by atoms with Crippen LogP contribution in [0.15, 0.2) is 24.3 Å². The van der Waals surface area contributed by atoms with Gasteiger partial charge in [0.25, 0.3) is 0 Å². The molecule has 0 bridgehead atoms. The molecule has 0 saturated heterocycles. The first kappa shape index (κ1) is 12.4. The lowest BCUT2D eigenvalue weighted by atomic mass is 9.94. The fraction of sp³-hybridized carbons (Fsp3) is 0.385. The normalized spacial score (nSPS) is 18.1. The summed E-state index contributed by atoms with van der Waals surface area (Å²) in [5.41, 5.74) is 1.95. The van der Waals surface area contributed by atoms with Crippen LogP contribution >= 0.6 is 0 Å². The average Bonchev–Trinajstić information content (AvgIpc) is 2.37. The minimum atomic E-state index is -1.00. The topological polar surface area (TPSA) is 66.8 Å². The van der Waals surface area contributed by atoms with E-state index in [4.69, 9.17) is 4.74 Å². The van der Waals surface area contributed by atoms with E-state index in [0.29, 0.717) is 6.42 Å². The summed E-state index contributed by atoms with van der Waals surface area (Å²) in [7, 11) is 0. The van der Waals surface area contributed by atoms with Crippen molar-refractivity contribution in [2.45, 2.75) is 25.9 Å². The zero-order chi connectivity index (χ0) is 13.1. The monoisotopic (exact) mass is 249 g/mol. The Bertz CT molecular complexity index is 472. The Balaban J connectivity index is 2.28. The Labute approximate surface area is 105 Å². The highest BCUT2D eigenvalue weighted by Crippen LogP contribution is 2.24. The van der Waals surface area contributed by atoms with Crippen LogP contribution in [0.4, 0.5) is 4.79 Å². The largest absolute Gasteiger partial charge is 0.480 e. The van der Waals surface area contributed by atoms with E-state index in [1.54, 1.807) is 6.92 Å². The number of carboxylic acid groups (broad SMARTS) is 1. The lowest BCUT2D eigenvalue weighted by Crippen LogP contribution is -2.48. The van der Waals surface area contributed by atoms with Crippen molar-refractivity contribution in [3.8, 4) is 0 Å². The summed E-state index contributed by atoms with van der Waals surface area (Å²) >= 11 is 0. The number of amides is 1. The van der Waals surface area contributed by atoms with E-state index < -0.39 is 18.1 Å². The van der Waals surface area contributed by atoms with Crippen LogP contribution in [0.2, 0.25) is 0 Å². The molecule has 1 atom stereocenters. The summed E-state index contributed by atoms with van der Waals surface area (Å²) in [6.45, 7) is 2.22. The van der Waals surface area contributed by atoms with Crippen LogP contribution in [0, 0.1) is 0 Å². The minimum absolute atomic E-state index is 0.239. The molecule has 1 aromatic rings. The molecule has 96 valence electrons. The number of nitrogens with zero attached hydrogens (tertiary/aromatic N) is 1. The Morgan fingerprint density at radius 3 is 2.67 bits per heavy atom. The molecule has 0 spiro atoms. The van der Waals surface area contributed by atoms with Crippen LogP contribution in [0.1, 0.15) is 18.1 Å². The van der Waals surface area contributed by atoms with Gasteiger partial charge in [-0.3, -0.25) is 4.90 Å². The maximum atomic E-state index is 11.8. The molecule has 1 heterocycles. The summed E-state index contributed by atoms with van der Waals surface area (Å²) in [5, 5.41) is 9.20. The van der Waals surface area contributed by atoms with Crippen LogP contribution in [0.25, 0.3) is 0 Å². The lowest BCUT2D eigenvalue weighted by Gasteiger charge is -2.33. The number of carbonyl (C=O) groups is 2. The summed E-state index contributed by atoms with van der Waals surface area (Å²) < 4.78 is 4.90. The van der Waals surface area contributed by atoms with Gasteiger partial charge >= 0.3 is 12.1 Å². The number of carboxylic acids is 1. The van der Waals surface area contributed by atoms with Crippen LogP contribution in [-0.2, 0) is 22.5 Å². The SMILES string of the molecule is CCOC(=O)N1Cc2ccccc2CC1C(=O)O. The Morgan fingerprint density at radius 2 is 2.06 bits per heavy atom. The van der Waals surface area contributed by atoms with Gasteiger partial charge in [0, 0.05) is 6.42 Å². The van der Waals surface area contributed by atoms with Crippen molar-refractivity contribution >= 4 is 12.1 Å². The number of rotatable bonds is 2. The quantitative estimate of drug-likeness (QED) is 0.865. The first-order chi connectivity index (χ1) is 8.63. The molecule has 1 amide bonds. The summed E-state index contributed by atoms with van der Waals surface area (Å²) in [6, 6.07) is 6.70. The molecule has 18 heavy (non-hydrogen) atoms. The molecule has 0 saturated carbocycles. The van der Waals surface area contributed by atoms with Crippen LogP contribution in [0.3, 0.4) is 0 Å². The summed E-state index contributed by atoms with van der Waals surface area (Å²) in [6.07, 6.45) is -0.246. The molecule has 0 fully saturated rings. The van der Waals surface area contributed by atoms with Gasteiger partial charge in [0.1, 0.15) is 6.04 Å². The third-order valence-electron chi connectivity index (χ3n) is 3.04. The van der Waals surface area contributed by atoms with Crippen molar-refractivity contribution < 1.29 is 19.4 Å². The van der Waals surface area contributed by atoms with Crippen LogP contribution in [-0.4, -0.2) is 34.7 Å². The van der Waals surface area contributed by atoms with Gasteiger partial charge in [-0.1, -0.05) is 24.3 Å². The average molecular weight is 249 g/mol. The molecule has 0 radical (unpaired) electrons. The zero-order valence-corrected chi connectivity index (χ0v) is 10.1. The predicted molar refractivity (Wildman–Crippen MR) is 64.1 cm³/mol. The maximum Gasteiger partial charge on any atom is 0.410 e. The van der Waals surface area contributed by atoms with E-state index in [-0.39, 0.29) is 13.2 Å². The van der Waals surface area contributed by atoms with Gasteiger partial charge in [-0.25, -0.2) is 9.59 Å². The van der Waals surface area contributed by atoms with Gasteiger partial charge in [0.15, 0.2) is 0 Å². The predicted octanol–water partition coefficient (Wildman–Crippen LogP) is 1.65. The molecule has 1 aliphatic rings. The van der Waals surface area contributed by atoms with Gasteiger partial charge in [0.05, 0.1) is 13.2 Å². The molecule has 0 aromatic heterocycles. The maximum absolute atomic E-state index is 11.8. The fourth-order valence-corrected chi connectivity index (χ4v) is 2.14. The Kier molecular flexibility index (Phi) is 3.50. The van der Waals surface area contributed by atoms with Crippen molar-refractivity contribution in [1.82, 2.24) is 4.90 Å². The van der Waals surface area contributed by atoms with Gasteiger partial charge in [-0.05, 0) is 18.1 Å². The first-order valence-electron chi connectivity index (χ1n) is 5.86. The third-order valence-corrected chi connectivity index (χ3v) is 3.04. The highest BCUT2D eigenvalue weighted by molar-refractivity contribution is 5.81. The number of ether oxygens (including phenoxy) is 1. The second-order valence-corrected chi connectivity index (χ2v) is 4.15. The molecular formula is C13H15NO4. The standard InChI is InChI=1S/C13H15NO4/c1-2-18-13(17)14-8-10-6-4-3-5-9(10)7-11(14)12(15)16/h3-6,11H,2,7-8H2,1H3,(H,15,16). The zero-order valence-electron chi connectivity index (χ0n) is 10.1. The summed E-state index contributed by atoms with van der Waals surface area (Å²) in [5.74, 6) is -1.00. The fourth-order valence-electron chi connectivity index (χ4n) is 2.14. The number of aliphatic carboxylic acids is 1. The molecule has 1 aliphatic heterocycles. The number of carbonyl (C=O) groups excluding carboxylic acids is 1. The van der Waals surface area contributed by atoms with E-state index in [0.717, 1.165) is 11.1 Å². The number of hydrogen-bond donors (Lipinski definition) is 1. The van der Waals surface area contributed by atoms with Gasteiger partial charge in [0.2, 0.25) is 0 Å². The van der Waals surface area contributed by atoms with Gasteiger partial charge in [-0.2, -0.15) is 0 Å². The van der Waals surface area contributed by atoms with Crippen molar-refractivity contribution in [2.75, 3.05) is 6.61 Å². The van der Waals surface area contributed by atoms with Crippen molar-refractivity contribution in [1.29, 1.82) is 0 Å². The van der Waals surface area contributed by atoms with Crippen molar-refractivity contribution in [2.24, 2.45) is 0 Å². The molecular weight excluding hydrogens is 234 g/mol. The number of benzene rings is 1. The minimum Gasteiger partial charge on any atom is -0.480 e. The van der Waals surface area contributed by atoms with E-state index in [1.165, 1.54) is 4.90 Å². The second kappa shape index (κ2) is 5.08. The van der Waals surface area contributed by atoms with Crippen LogP contribution < -0.4 is 0 Å². The Morgan fingerprint density at radius 1 is 1.39 bits per heavy atom. The molecule has 0 aliphatic carbocycles. The number of fused-ring (bicyclic) bond motifs is 1. The third kappa shape index (κ3) is 2.30. The van der Waals surface area contributed by atoms with Gasteiger partial charge < -0.3 is 9.84 Å². The number of hydrogen-bond acceptors (Lipinski definition) is 3. The first-order valence-corrected chi connectivity index (χ1v) is 5.86. The second-order valence-electron chi connectivity index (χ2n) is 4.15. The molecule has 1 unspecified atom stereocenters. The van der Waals surface area contributed by atoms with Gasteiger partial charge in [-0.15, -0.1) is 0 Å². The van der Waals surface area contributed by atoms with Crippen molar-refractivity contribution in [3.63, 3.8) is 0 Å². The van der Waals surface area contributed by atoms with E-state index in [1.807, 2.05) is 24.3 Å². The molecule has 1 N–H and O–H groups in total. The highest BCUT2D eigenvalue weighted by Gasteiger charge is 2.35. The van der Waals surface area contributed by atoms with E-state index in [9.17, 15) is 14.7 Å². The van der Waals surface area contributed by atoms with E-state index >= 15 is 0 Å². The Hall–Kier alpha value is -2.04.